The lowest BCUT2D eigenvalue weighted by molar-refractivity contribution is -0.134. The smallest absolute Gasteiger partial charge is 0.261 e. The highest BCUT2D eigenvalue weighted by Gasteiger charge is 2.32. The highest BCUT2D eigenvalue weighted by molar-refractivity contribution is 9.10. The van der Waals surface area contributed by atoms with E-state index in [2.05, 4.69) is 15.9 Å². The van der Waals surface area contributed by atoms with Crippen molar-refractivity contribution in [1.82, 2.24) is 4.90 Å². The number of hydrogen-bond donors (Lipinski definition) is 0. The lowest BCUT2D eigenvalue weighted by atomic mass is 10.2. The molecular formula is C19H20BrNO3. The first-order chi connectivity index (χ1) is 11.7. The molecule has 0 spiro atoms. The summed E-state index contributed by atoms with van der Waals surface area (Å²) in [6.07, 6.45) is 2.14. The number of amides is 1. The zero-order valence-electron chi connectivity index (χ0n) is 13.6. The molecule has 4 nitrogen and oxygen atoms in total. The highest BCUT2D eigenvalue weighted by atomic mass is 79.9. The Hall–Kier alpha value is -2.01. The third kappa shape index (κ3) is 4.51. The van der Waals surface area contributed by atoms with Gasteiger partial charge in [0, 0.05) is 17.1 Å². The van der Waals surface area contributed by atoms with E-state index in [1.807, 2.05) is 53.4 Å². The van der Waals surface area contributed by atoms with E-state index in [0.717, 1.165) is 28.6 Å². The standard InChI is InChI=1S/C19H20BrNO3/c1-23-17-7-9-18(10-8-17)24-13-19(22)21(16-5-6-16)12-14-3-2-4-15(20)11-14/h2-4,7-11,16H,5-6,12-13H2,1H3. The SMILES string of the molecule is COc1ccc(OCC(=O)N(Cc2cccc(Br)c2)C2CC2)cc1. The van der Waals surface area contributed by atoms with Crippen molar-refractivity contribution >= 4 is 21.8 Å². The summed E-state index contributed by atoms with van der Waals surface area (Å²) in [5.41, 5.74) is 1.12. The van der Waals surface area contributed by atoms with Gasteiger partial charge < -0.3 is 14.4 Å². The summed E-state index contributed by atoms with van der Waals surface area (Å²) in [7, 11) is 1.62. The molecular weight excluding hydrogens is 370 g/mol. The van der Waals surface area contributed by atoms with Crippen LogP contribution in [0.2, 0.25) is 0 Å². The van der Waals surface area contributed by atoms with Crippen LogP contribution in [0.15, 0.2) is 53.0 Å². The quantitative estimate of drug-likeness (QED) is 0.717. The van der Waals surface area contributed by atoms with E-state index in [9.17, 15) is 4.79 Å². The van der Waals surface area contributed by atoms with Crippen LogP contribution in [-0.4, -0.2) is 30.6 Å². The second kappa shape index (κ2) is 7.71. The number of carbonyl (C=O) groups is 1. The Balaban J connectivity index is 1.60. The topological polar surface area (TPSA) is 38.8 Å². The van der Waals surface area contributed by atoms with Gasteiger partial charge in [-0.2, -0.15) is 0 Å². The number of methoxy groups -OCH3 is 1. The third-order valence-corrected chi connectivity index (χ3v) is 4.46. The molecule has 0 aromatic heterocycles. The maximum absolute atomic E-state index is 12.6. The minimum Gasteiger partial charge on any atom is -0.497 e. The number of carbonyl (C=O) groups excluding carboxylic acids is 1. The maximum Gasteiger partial charge on any atom is 0.261 e. The number of rotatable bonds is 7. The Morgan fingerprint density at radius 3 is 2.50 bits per heavy atom. The first kappa shape index (κ1) is 16.8. The zero-order chi connectivity index (χ0) is 16.9. The van der Waals surface area contributed by atoms with Crippen LogP contribution in [0.3, 0.4) is 0 Å². The van der Waals surface area contributed by atoms with Gasteiger partial charge in [0.2, 0.25) is 0 Å². The fraction of sp³-hybridized carbons (Fsp3) is 0.316. The summed E-state index contributed by atoms with van der Waals surface area (Å²) in [5.74, 6) is 1.46. The first-order valence-corrected chi connectivity index (χ1v) is 8.76. The van der Waals surface area contributed by atoms with Crippen LogP contribution < -0.4 is 9.47 Å². The summed E-state index contributed by atoms with van der Waals surface area (Å²) >= 11 is 3.48. The van der Waals surface area contributed by atoms with Crippen molar-refractivity contribution in [3.63, 3.8) is 0 Å². The Labute approximate surface area is 150 Å². The molecule has 0 heterocycles. The summed E-state index contributed by atoms with van der Waals surface area (Å²) in [6.45, 7) is 0.672. The lowest BCUT2D eigenvalue weighted by Gasteiger charge is -2.23. The molecule has 0 aliphatic heterocycles. The summed E-state index contributed by atoms with van der Waals surface area (Å²) in [6, 6.07) is 15.7. The van der Waals surface area contributed by atoms with Crippen molar-refractivity contribution < 1.29 is 14.3 Å². The van der Waals surface area contributed by atoms with Gasteiger partial charge in [0.05, 0.1) is 7.11 Å². The number of nitrogens with zero attached hydrogens (tertiary/aromatic N) is 1. The van der Waals surface area contributed by atoms with E-state index in [4.69, 9.17) is 9.47 Å². The number of ether oxygens (including phenoxy) is 2. The average molecular weight is 390 g/mol. The van der Waals surface area contributed by atoms with E-state index < -0.39 is 0 Å². The van der Waals surface area contributed by atoms with E-state index in [0.29, 0.717) is 18.3 Å². The fourth-order valence-corrected chi connectivity index (χ4v) is 2.99. The molecule has 1 amide bonds. The van der Waals surface area contributed by atoms with E-state index >= 15 is 0 Å². The molecule has 1 aliphatic carbocycles. The first-order valence-electron chi connectivity index (χ1n) is 7.96. The molecule has 0 unspecified atom stereocenters. The lowest BCUT2D eigenvalue weighted by Crippen LogP contribution is -2.36. The molecule has 1 saturated carbocycles. The number of benzene rings is 2. The van der Waals surface area contributed by atoms with Crippen LogP contribution in [0, 0.1) is 0 Å². The van der Waals surface area contributed by atoms with E-state index in [1.165, 1.54) is 0 Å². The Bertz CT molecular complexity index is 698. The summed E-state index contributed by atoms with van der Waals surface area (Å²) in [5, 5.41) is 0. The van der Waals surface area contributed by atoms with Crippen molar-refractivity contribution in [3.05, 3.63) is 58.6 Å². The van der Waals surface area contributed by atoms with Crippen LogP contribution in [0.1, 0.15) is 18.4 Å². The van der Waals surface area contributed by atoms with Gasteiger partial charge in [-0.1, -0.05) is 28.1 Å². The van der Waals surface area contributed by atoms with Gasteiger partial charge in [-0.25, -0.2) is 0 Å². The van der Waals surface area contributed by atoms with E-state index in [-0.39, 0.29) is 12.5 Å². The van der Waals surface area contributed by atoms with Crippen LogP contribution in [-0.2, 0) is 11.3 Å². The molecule has 126 valence electrons. The maximum atomic E-state index is 12.6. The summed E-state index contributed by atoms with van der Waals surface area (Å²) in [4.78, 5) is 14.5. The monoisotopic (exact) mass is 389 g/mol. The van der Waals surface area contributed by atoms with E-state index in [1.54, 1.807) is 7.11 Å². The molecule has 0 saturated heterocycles. The molecule has 5 heteroatoms. The second-order valence-corrected chi connectivity index (χ2v) is 6.76. The molecule has 2 aromatic carbocycles. The van der Waals surface area contributed by atoms with Crippen LogP contribution in [0.25, 0.3) is 0 Å². The largest absolute Gasteiger partial charge is 0.497 e. The van der Waals surface area contributed by atoms with Gasteiger partial charge in [-0.15, -0.1) is 0 Å². The molecule has 0 atom stereocenters. The average Bonchev–Trinajstić information content (AvgIpc) is 3.43. The predicted octanol–water partition coefficient (Wildman–Crippen LogP) is 4.03. The molecule has 24 heavy (non-hydrogen) atoms. The highest BCUT2D eigenvalue weighted by Crippen LogP contribution is 2.29. The van der Waals surface area contributed by atoms with Gasteiger partial charge >= 0.3 is 0 Å². The minimum absolute atomic E-state index is 0.0216. The Morgan fingerprint density at radius 1 is 1.17 bits per heavy atom. The number of hydrogen-bond acceptors (Lipinski definition) is 3. The minimum atomic E-state index is 0.0216. The van der Waals surface area contributed by atoms with Gasteiger partial charge in [0.1, 0.15) is 11.5 Å². The Kier molecular flexibility index (Phi) is 5.41. The van der Waals surface area contributed by atoms with Crippen molar-refractivity contribution in [3.8, 4) is 11.5 Å². The molecule has 1 fully saturated rings. The van der Waals surface area contributed by atoms with Crippen molar-refractivity contribution in [2.45, 2.75) is 25.4 Å². The van der Waals surface area contributed by atoms with Crippen molar-refractivity contribution in [2.24, 2.45) is 0 Å². The number of halogens is 1. The van der Waals surface area contributed by atoms with Gasteiger partial charge in [-0.3, -0.25) is 4.79 Å². The molecule has 2 aromatic rings. The predicted molar refractivity (Wildman–Crippen MR) is 96.2 cm³/mol. The summed E-state index contributed by atoms with van der Waals surface area (Å²) < 4.78 is 11.8. The van der Waals surface area contributed by atoms with Gasteiger partial charge in [-0.05, 0) is 54.8 Å². The van der Waals surface area contributed by atoms with Crippen LogP contribution >= 0.6 is 15.9 Å². The van der Waals surface area contributed by atoms with Crippen LogP contribution in [0.5, 0.6) is 11.5 Å². The van der Waals surface area contributed by atoms with Crippen molar-refractivity contribution in [1.29, 1.82) is 0 Å². The third-order valence-electron chi connectivity index (χ3n) is 3.97. The van der Waals surface area contributed by atoms with Crippen LogP contribution in [0.4, 0.5) is 0 Å². The van der Waals surface area contributed by atoms with Crippen molar-refractivity contribution in [2.75, 3.05) is 13.7 Å². The molecule has 1 aliphatic rings. The van der Waals surface area contributed by atoms with Gasteiger partial charge in [0.15, 0.2) is 6.61 Å². The fourth-order valence-electron chi connectivity index (χ4n) is 2.54. The molecule has 0 radical (unpaired) electrons. The molecule has 3 rings (SSSR count). The normalized spacial score (nSPS) is 13.4. The molecule has 0 N–H and O–H groups in total. The van der Waals surface area contributed by atoms with Gasteiger partial charge in [0.25, 0.3) is 5.91 Å². The Morgan fingerprint density at radius 2 is 1.88 bits per heavy atom. The zero-order valence-corrected chi connectivity index (χ0v) is 15.2. The molecule has 0 bridgehead atoms. The second-order valence-electron chi connectivity index (χ2n) is 5.85.